The topological polar surface area (TPSA) is 115 Å². The number of ether oxygens (including phenoxy) is 2. The lowest BCUT2D eigenvalue weighted by molar-refractivity contribution is 0.0924. The van der Waals surface area contributed by atoms with Crippen LogP contribution in [0.25, 0.3) is 0 Å². The largest absolute Gasteiger partial charge is 0.494 e. The van der Waals surface area contributed by atoms with E-state index in [0.717, 1.165) is 24.0 Å². The number of methoxy groups -OCH3 is 2. The van der Waals surface area contributed by atoms with Gasteiger partial charge in [0.1, 0.15) is 34.9 Å². The highest BCUT2D eigenvalue weighted by Crippen LogP contribution is 2.37. The second-order valence-corrected chi connectivity index (χ2v) is 8.87. The molecule has 1 aliphatic carbocycles. The summed E-state index contributed by atoms with van der Waals surface area (Å²) in [6, 6.07) is 18.0. The summed E-state index contributed by atoms with van der Waals surface area (Å²) >= 11 is 0. The quantitative estimate of drug-likeness (QED) is 0.387. The van der Waals surface area contributed by atoms with Crippen molar-refractivity contribution in [1.29, 1.82) is 0 Å². The first-order valence-electron chi connectivity index (χ1n) is 12.2. The molecule has 2 atom stereocenters. The van der Waals surface area contributed by atoms with Gasteiger partial charge in [0, 0.05) is 24.4 Å². The fourth-order valence-corrected chi connectivity index (χ4v) is 4.88. The van der Waals surface area contributed by atoms with E-state index in [-0.39, 0.29) is 29.3 Å². The summed E-state index contributed by atoms with van der Waals surface area (Å²) in [5, 5.41) is 5.94. The molecule has 0 bridgehead atoms. The van der Waals surface area contributed by atoms with Gasteiger partial charge >= 0.3 is 0 Å². The molecule has 5 rings (SSSR count). The molecule has 192 valence electrons. The lowest BCUT2D eigenvalue weighted by Crippen LogP contribution is -2.42. The van der Waals surface area contributed by atoms with Crippen molar-refractivity contribution < 1.29 is 19.1 Å². The van der Waals surface area contributed by atoms with Crippen LogP contribution in [-0.2, 0) is 6.42 Å². The number of hydrogen-bond donors (Lipinski definition) is 2. The zero-order valence-electron chi connectivity index (χ0n) is 21.0. The monoisotopic (exact) mass is 509 g/mol. The zero-order valence-corrected chi connectivity index (χ0v) is 21.0. The predicted octanol–water partition coefficient (Wildman–Crippen LogP) is 4.02. The second kappa shape index (κ2) is 11.1. The summed E-state index contributed by atoms with van der Waals surface area (Å²) < 4.78 is 10.7. The first kappa shape index (κ1) is 24.9. The molecule has 0 saturated heterocycles. The minimum atomic E-state index is -0.492. The van der Waals surface area contributed by atoms with Crippen molar-refractivity contribution in [2.24, 2.45) is 0 Å². The van der Waals surface area contributed by atoms with Crippen LogP contribution in [0, 0.1) is 0 Å². The fourth-order valence-electron chi connectivity index (χ4n) is 4.88. The van der Waals surface area contributed by atoms with Gasteiger partial charge in [-0.3, -0.25) is 9.59 Å². The number of benzene rings is 2. The number of para-hydroxylation sites is 1. The first-order valence-corrected chi connectivity index (χ1v) is 12.2. The van der Waals surface area contributed by atoms with Crippen LogP contribution >= 0.6 is 0 Å². The van der Waals surface area contributed by atoms with E-state index >= 15 is 0 Å². The van der Waals surface area contributed by atoms with Gasteiger partial charge in [0.2, 0.25) is 0 Å². The van der Waals surface area contributed by atoms with Crippen molar-refractivity contribution in [1.82, 2.24) is 20.3 Å². The number of nitrogens with one attached hydrogen (secondary N) is 2. The van der Waals surface area contributed by atoms with Crippen molar-refractivity contribution in [3.8, 4) is 11.5 Å². The molecule has 9 heteroatoms. The van der Waals surface area contributed by atoms with E-state index in [1.54, 1.807) is 48.8 Å². The van der Waals surface area contributed by atoms with Crippen molar-refractivity contribution >= 4 is 17.5 Å². The summed E-state index contributed by atoms with van der Waals surface area (Å²) in [6.45, 7) is 0. The summed E-state index contributed by atoms with van der Waals surface area (Å²) in [5.41, 5.74) is 3.94. The van der Waals surface area contributed by atoms with Gasteiger partial charge in [-0.25, -0.2) is 15.0 Å². The molecular weight excluding hydrogens is 482 g/mol. The molecule has 0 fully saturated rings. The van der Waals surface area contributed by atoms with Crippen LogP contribution in [0.2, 0.25) is 0 Å². The van der Waals surface area contributed by atoms with Crippen molar-refractivity contribution in [3.05, 3.63) is 107 Å². The fraction of sp³-hybridized carbons (Fsp3) is 0.207. The number of nitrogens with zero attached hydrogens (tertiary/aromatic N) is 3. The number of aryl methyl sites for hydroxylation is 1. The number of carbonyl (C=O) groups excluding carboxylic acids is 2. The minimum Gasteiger partial charge on any atom is -0.494 e. The van der Waals surface area contributed by atoms with E-state index in [9.17, 15) is 9.59 Å². The molecule has 0 aliphatic heterocycles. The summed E-state index contributed by atoms with van der Waals surface area (Å²) in [5.74, 6) is -0.0658. The van der Waals surface area contributed by atoms with Gasteiger partial charge in [-0.1, -0.05) is 36.4 Å². The van der Waals surface area contributed by atoms with Gasteiger partial charge in [-0.05, 0) is 53.8 Å². The number of hydrogen-bond acceptors (Lipinski definition) is 7. The molecule has 0 saturated carbocycles. The second-order valence-electron chi connectivity index (χ2n) is 8.87. The Morgan fingerprint density at radius 2 is 1.50 bits per heavy atom. The molecular formula is C29H27N5O4. The number of carbonyl (C=O) groups is 2. The average molecular weight is 510 g/mol. The molecule has 2 aromatic heterocycles. The Morgan fingerprint density at radius 3 is 2.21 bits per heavy atom. The molecule has 4 aromatic rings. The van der Waals surface area contributed by atoms with E-state index in [1.165, 1.54) is 26.1 Å². The van der Waals surface area contributed by atoms with Gasteiger partial charge < -0.3 is 20.1 Å². The van der Waals surface area contributed by atoms with Gasteiger partial charge in [-0.2, -0.15) is 0 Å². The third-order valence-electron chi connectivity index (χ3n) is 6.65. The maximum absolute atomic E-state index is 13.4. The summed E-state index contributed by atoms with van der Waals surface area (Å²) in [7, 11) is 3.01. The highest BCUT2D eigenvalue weighted by molar-refractivity contribution is 6.05. The van der Waals surface area contributed by atoms with E-state index in [0.29, 0.717) is 17.2 Å². The Bertz CT molecular complexity index is 1440. The average Bonchev–Trinajstić information content (AvgIpc) is 2.97. The van der Waals surface area contributed by atoms with Crippen molar-refractivity contribution in [2.45, 2.75) is 24.8 Å². The highest BCUT2D eigenvalue weighted by Gasteiger charge is 2.32. The van der Waals surface area contributed by atoms with Crippen LogP contribution < -0.4 is 20.1 Å². The Kier molecular flexibility index (Phi) is 7.26. The lowest BCUT2D eigenvalue weighted by Gasteiger charge is -2.34. The number of fused-ring (bicyclic) bond motifs is 1. The van der Waals surface area contributed by atoms with E-state index < -0.39 is 5.91 Å². The van der Waals surface area contributed by atoms with Crippen LogP contribution in [0.4, 0.5) is 5.69 Å². The zero-order chi connectivity index (χ0) is 26.5. The van der Waals surface area contributed by atoms with Gasteiger partial charge in [0.05, 0.1) is 14.2 Å². The Balaban J connectivity index is 1.38. The highest BCUT2D eigenvalue weighted by atomic mass is 16.5. The molecule has 2 heterocycles. The standard InChI is InChI=1S/C29H27N5O4/c1-37-24-11-6-12-25(38-2)27(24)34-29(36)23-10-5-9-22(32-23)28(35)33-21-14-13-18-7-3-4-8-20(18)26(21)19-15-30-17-31-16-19/h3-12,15-17,21,26H,13-14H2,1-2H3,(H,33,35)(H,34,36). The van der Waals surface area contributed by atoms with Crippen molar-refractivity contribution in [2.75, 3.05) is 19.5 Å². The normalized spacial score (nSPS) is 16.2. The molecule has 38 heavy (non-hydrogen) atoms. The van der Waals surface area contributed by atoms with Crippen LogP contribution in [0.3, 0.4) is 0 Å². The third-order valence-corrected chi connectivity index (χ3v) is 6.65. The smallest absolute Gasteiger partial charge is 0.274 e. The van der Waals surface area contributed by atoms with Crippen molar-refractivity contribution in [3.63, 3.8) is 0 Å². The molecule has 0 spiro atoms. The number of pyridine rings is 1. The van der Waals surface area contributed by atoms with Gasteiger partial charge in [-0.15, -0.1) is 0 Å². The van der Waals surface area contributed by atoms with Gasteiger partial charge in [0.25, 0.3) is 11.8 Å². The van der Waals surface area contributed by atoms with Crippen LogP contribution in [0.1, 0.15) is 50.0 Å². The minimum absolute atomic E-state index is 0.0904. The molecule has 0 radical (unpaired) electrons. The lowest BCUT2D eigenvalue weighted by atomic mass is 9.76. The molecule has 2 amide bonds. The Morgan fingerprint density at radius 1 is 0.842 bits per heavy atom. The summed E-state index contributed by atoms with van der Waals surface area (Å²) in [4.78, 5) is 39.2. The number of rotatable bonds is 7. The molecule has 2 N–H and O–H groups in total. The molecule has 1 aliphatic rings. The number of amides is 2. The Labute approximate surface area is 220 Å². The third kappa shape index (κ3) is 5.04. The SMILES string of the molecule is COc1cccc(OC)c1NC(=O)c1cccc(C(=O)NC2CCc3ccccc3C2c2cncnc2)n1. The molecule has 2 unspecified atom stereocenters. The van der Waals surface area contributed by atoms with Crippen LogP contribution in [0.5, 0.6) is 11.5 Å². The maximum atomic E-state index is 13.4. The van der Waals surface area contributed by atoms with E-state index in [4.69, 9.17) is 9.47 Å². The van der Waals surface area contributed by atoms with Crippen LogP contribution in [0.15, 0.2) is 79.4 Å². The Hall–Kier alpha value is -4.79. The first-order chi connectivity index (χ1) is 18.6. The molecule has 9 nitrogen and oxygen atoms in total. The molecule has 2 aromatic carbocycles. The van der Waals surface area contributed by atoms with E-state index in [2.05, 4.69) is 37.7 Å². The van der Waals surface area contributed by atoms with Gasteiger partial charge in [0.15, 0.2) is 0 Å². The maximum Gasteiger partial charge on any atom is 0.274 e. The number of anilines is 1. The van der Waals surface area contributed by atoms with Crippen LogP contribution in [-0.4, -0.2) is 47.0 Å². The predicted molar refractivity (Wildman–Crippen MR) is 142 cm³/mol. The number of aromatic nitrogens is 3. The summed E-state index contributed by atoms with van der Waals surface area (Å²) in [6.07, 6.45) is 6.65. The van der Waals surface area contributed by atoms with E-state index in [1.807, 2.05) is 12.1 Å².